The van der Waals surface area contributed by atoms with Crippen LogP contribution < -0.4 is 5.73 Å². The number of benzene rings is 2. The van der Waals surface area contributed by atoms with Crippen LogP contribution in [0.4, 0.5) is 4.39 Å². The maximum atomic E-state index is 13.4. The van der Waals surface area contributed by atoms with Gasteiger partial charge in [-0.1, -0.05) is 34.1 Å². The Balaban J connectivity index is 2.25. The van der Waals surface area contributed by atoms with E-state index in [1.54, 1.807) is 0 Å². The van der Waals surface area contributed by atoms with Crippen molar-refractivity contribution >= 4 is 15.9 Å². The summed E-state index contributed by atoms with van der Waals surface area (Å²) >= 11 is 3.30. The molecular formula is C16H17BrFN. The highest BCUT2D eigenvalue weighted by Gasteiger charge is 2.11. The van der Waals surface area contributed by atoms with Crippen LogP contribution in [0.3, 0.4) is 0 Å². The Kier molecular flexibility index (Phi) is 4.38. The van der Waals surface area contributed by atoms with Crippen molar-refractivity contribution < 1.29 is 4.39 Å². The second kappa shape index (κ2) is 5.85. The molecule has 0 heterocycles. The minimum absolute atomic E-state index is 0.117. The van der Waals surface area contributed by atoms with Crippen LogP contribution in [-0.4, -0.2) is 0 Å². The van der Waals surface area contributed by atoms with Crippen molar-refractivity contribution in [1.82, 2.24) is 0 Å². The van der Waals surface area contributed by atoms with Crippen molar-refractivity contribution in [3.8, 4) is 0 Å². The Bertz CT molecular complexity index is 575. The van der Waals surface area contributed by atoms with Gasteiger partial charge in [0.25, 0.3) is 0 Å². The first-order valence-corrected chi connectivity index (χ1v) is 7.03. The van der Waals surface area contributed by atoms with E-state index in [0.29, 0.717) is 6.42 Å². The smallest absolute Gasteiger partial charge is 0.124 e. The normalized spacial score (nSPS) is 12.5. The monoisotopic (exact) mass is 321 g/mol. The summed E-state index contributed by atoms with van der Waals surface area (Å²) in [5.41, 5.74) is 10.7. The number of rotatable bonds is 3. The topological polar surface area (TPSA) is 26.0 Å². The molecule has 0 saturated heterocycles. The van der Waals surface area contributed by atoms with Gasteiger partial charge in [0.05, 0.1) is 0 Å². The molecule has 0 saturated carbocycles. The van der Waals surface area contributed by atoms with Crippen LogP contribution in [0.5, 0.6) is 0 Å². The third-order valence-electron chi connectivity index (χ3n) is 3.42. The van der Waals surface area contributed by atoms with E-state index in [2.05, 4.69) is 35.8 Å². The molecule has 0 fully saturated rings. The highest BCUT2D eigenvalue weighted by atomic mass is 79.9. The molecule has 0 aromatic heterocycles. The molecule has 0 aliphatic heterocycles. The van der Waals surface area contributed by atoms with Gasteiger partial charge in [-0.2, -0.15) is 0 Å². The quantitative estimate of drug-likeness (QED) is 0.888. The molecule has 0 aliphatic rings. The second-order valence-corrected chi connectivity index (χ2v) is 5.79. The van der Waals surface area contributed by atoms with Gasteiger partial charge in [0.2, 0.25) is 0 Å². The molecule has 0 amide bonds. The Hall–Kier alpha value is -1.19. The van der Waals surface area contributed by atoms with Crippen LogP contribution in [0.2, 0.25) is 0 Å². The van der Waals surface area contributed by atoms with Crippen LogP contribution in [0.15, 0.2) is 40.9 Å². The molecule has 100 valence electrons. The molecule has 2 aromatic carbocycles. The zero-order valence-electron chi connectivity index (χ0n) is 11.1. The summed E-state index contributed by atoms with van der Waals surface area (Å²) in [5.74, 6) is -0.238. The minimum atomic E-state index is -0.238. The average Bonchev–Trinajstić information content (AvgIpc) is 2.31. The lowest BCUT2D eigenvalue weighted by Crippen LogP contribution is -2.15. The van der Waals surface area contributed by atoms with E-state index in [9.17, 15) is 4.39 Å². The molecule has 19 heavy (non-hydrogen) atoms. The van der Waals surface area contributed by atoms with Crippen molar-refractivity contribution in [2.75, 3.05) is 0 Å². The van der Waals surface area contributed by atoms with Crippen LogP contribution in [-0.2, 0) is 6.42 Å². The Morgan fingerprint density at radius 1 is 1.21 bits per heavy atom. The lowest BCUT2D eigenvalue weighted by atomic mass is 9.94. The van der Waals surface area contributed by atoms with Gasteiger partial charge in [-0.05, 0) is 60.7 Å². The first kappa shape index (κ1) is 14.2. The van der Waals surface area contributed by atoms with Gasteiger partial charge in [0, 0.05) is 10.5 Å². The summed E-state index contributed by atoms with van der Waals surface area (Å²) in [6, 6.07) is 10.9. The molecule has 2 N–H and O–H groups in total. The van der Waals surface area contributed by atoms with Crippen molar-refractivity contribution in [2.45, 2.75) is 26.3 Å². The number of halogens is 2. The minimum Gasteiger partial charge on any atom is -0.324 e. The molecule has 1 unspecified atom stereocenters. The zero-order valence-corrected chi connectivity index (χ0v) is 12.7. The van der Waals surface area contributed by atoms with Crippen LogP contribution in [0.25, 0.3) is 0 Å². The van der Waals surface area contributed by atoms with Crippen LogP contribution in [0, 0.1) is 19.7 Å². The van der Waals surface area contributed by atoms with E-state index >= 15 is 0 Å². The van der Waals surface area contributed by atoms with E-state index < -0.39 is 0 Å². The fraction of sp³-hybridized carbons (Fsp3) is 0.250. The second-order valence-electron chi connectivity index (χ2n) is 4.88. The Morgan fingerprint density at radius 2 is 1.95 bits per heavy atom. The molecule has 2 aromatic rings. The predicted molar refractivity (Wildman–Crippen MR) is 80.6 cm³/mol. The Labute approximate surface area is 121 Å². The first-order valence-electron chi connectivity index (χ1n) is 6.24. The number of aryl methyl sites for hydroxylation is 1. The fourth-order valence-corrected chi connectivity index (χ4v) is 2.78. The largest absolute Gasteiger partial charge is 0.324 e. The van der Waals surface area contributed by atoms with E-state index in [-0.39, 0.29) is 11.9 Å². The highest BCUT2D eigenvalue weighted by molar-refractivity contribution is 9.10. The van der Waals surface area contributed by atoms with Gasteiger partial charge < -0.3 is 5.73 Å². The summed E-state index contributed by atoms with van der Waals surface area (Å²) in [5, 5.41) is 0. The molecule has 3 heteroatoms. The average molecular weight is 322 g/mol. The standard InChI is InChI=1S/C16H17BrFN/c1-10-4-3-5-15(11(10)2)16(19)8-12-6-13(17)9-14(18)7-12/h3-7,9,16H,8,19H2,1-2H3. The van der Waals surface area contributed by atoms with Gasteiger partial charge in [-0.15, -0.1) is 0 Å². The van der Waals surface area contributed by atoms with Crippen LogP contribution in [0.1, 0.15) is 28.3 Å². The van der Waals surface area contributed by atoms with E-state index in [1.165, 1.54) is 23.3 Å². The van der Waals surface area contributed by atoms with Gasteiger partial charge >= 0.3 is 0 Å². The Morgan fingerprint density at radius 3 is 2.63 bits per heavy atom. The van der Waals surface area contributed by atoms with Crippen LogP contribution >= 0.6 is 15.9 Å². The van der Waals surface area contributed by atoms with Crippen molar-refractivity contribution in [3.63, 3.8) is 0 Å². The molecule has 0 bridgehead atoms. The summed E-state index contributed by atoms with van der Waals surface area (Å²) in [6.07, 6.45) is 0.626. The molecular weight excluding hydrogens is 305 g/mol. The van der Waals surface area contributed by atoms with Gasteiger partial charge in [-0.3, -0.25) is 0 Å². The lowest BCUT2D eigenvalue weighted by Gasteiger charge is -2.16. The zero-order chi connectivity index (χ0) is 14.0. The number of nitrogens with two attached hydrogens (primary N) is 1. The molecule has 2 rings (SSSR count). The van der Waals surface area contributed by atoms with E-state index in [0.717, 1.165) is 15.6 Å². The van der Waals surface area contributed by atoms with Crippen molar-refractivity contribution in [3.05, 3.63) is 68.9 Å². The molecule has 1 nitrogen and oxygen atoms in total. The third-order valence-corrected chi connectivity index (χ3v) is 3.88. The maximum Gasteiger partial charge on any atom is 0.124 e. The van der Waals surface area contributed by atoms with Gasteiger partial charge in [-0.25, -0.2) is 4.39 Å². The summed E-state index contributed by atoms with van der Waals surface area (Å²) in [7, 11) is 0. The van der Waals surface area contributed by atoms with E-state index in [1.807, 2.05) is 18.2 Å². The maximum absolute atomic E-state index is 13.4. The fourth-order valence-electron chi connectivity index (χ4n) is 2.27. The molecule has 0 aliphatic carbocycles. The van der Waals surface area contributed by atoms with Crippen molar-refractivity contribution in [2.24, 2.45) is 5.73 Å². The van der Waals surface area contributed by atoms with E-state index in [4.69, 9.17) is 5.73 Å². The molecule has 0 spiro atoms. The number of hydrogen-bond acceptors (Lipinski definition) is 1. The van der Waals surface area contributed by atoms with Crippen molar-refractivity contribution in [1.29, 1.82) is 0 Å². The number of hydrogen-bond donors (Lipinski definition) is 1. The summed E-state index contributed by atoms with van der Waals surface area (Å²) in [6.45, 7) is 4.15. The first-order chi connectivity index (χ1) is 8.97. The molecule has 1 atom stereocenters. The highest BCUT2D eigenvalue weighted by Crippen LogP contribution is 2.23. The predicted octanol–water partition coefficient (Wildman–Crippen LogP) is 4.45. The SMILES string of the molecule is Cc1cccc(C(N)Cc2cc(F)cc(Br)c2)c1C. The summed E-state index contributed by atoms with van der Waals surface area (Å²) < 4.78 is 14.1. The molecule has 0 radical (unpaired) electrons. The summed E-state index contributed by atoms with van der Waals surface area (Å²) in [4.78, 5) is 0. The van der Waals surface area contributed by atoms with Gasteiger partial charge in [0.1, 0.15) is 5.82 Å². The lowest BCUT2D eigenvalue weighted by molar-refractivity contribution is 0.620. The third kappa shape index (κ3) is 3.43. The van der Waals surface area contributed by atoms with Gasteiger partial charge in [0.15, 0.2) is 0 Å².